The minimum Gasteiger partial charge on any atom is -0.445 e. The van der Waals surface area contributed by atoms with Crippen molar-refractivity contribution < 1.29 is 14.3 Å². The van der Waals surface area contributed by atoms with Crippen molar-refractivity contribution in [2.24, 2.45) is 0 Å². The lowest BCUT2D eigenvalue weighted by atomic mass is 9.71. The summed E-state index contributed by atoms with van der Waals surface area (Å²) in [4.78, 5) is 27.6. The fourth-order valence-electron chi connectivity index (χ4n) is 5.29. The first-order chi connectivity index (χ1) is 18.7. The van der Waals surface area contributed by atoms with Gasteiger partial charge < -0.3 is 20.3 Å². The van der Waals surface area contributed by atoms with E-state index in [4.69, 9.17) is 4.74 Å². The number of amides is 2. The Morgan fingerprint density at radius 1 is 0.769 bits per heavy atom. The number of nitrogens with zero attached hydrogens (tertiary/aromatic N) is 1. The number of likely N-dealkylation sites (tertiary alicyclic amines) is 1. The molecule has 7 heteroatoms. The van der Waals surface area contributed by atoms with Gasteiger partial charge in [-0.2, -0.15) is 0 Å². The van der Waals surface area contributed by atoms with Gasteiger partial charge in [0.15, 0.2) is 0 Å². The van der Waals surface area contributed by atoms with Gasteiger partial charge in [-0.15, -0.1) is 12.4 Å². The molecule has 1 heterocycles. The molecule has 1 fully saturated rings. The summed E-state index contributed by atoms with van der Waals surface area (Å²) in [5.74, 6) is -0.242. The first-order valence-electron chi connectivity index (χ1n) is 13.7. The Labute approximate surface area is 238 Å². The Morgan fingerprint density at radius 3 is 1.92 bits per heavy atom. The van der Waals surface area contributed by atoms with E-state index >= 15 is 0 Å². The highest BCUT2D eigenvalue weighted by molar-refractivity contribution is 5.85. The molecule has 0 radical (unpaired) electrons. The number of hydrogen-bond donors (Lipinski definition) is 2. The number of benzene rings is 3. The van der Waals surface area contributed by atoms with Gasteiger partial charge in [0.1, 0.15) is 6.61 Å². The lowest BCUT2D eigenvalue weighted by molar-refractivity contribution is -0.120. The third kappa shape index (κ3) is 9.12. The molecule has 2 N–H and O–H groups in total. The van der Waals surface area contributed by atoms with E-state index in [0.29, 0.717) is 6.54 Å². The summed E-state index contributed by atoms with van der Waals surface area (Å²) in [6, 6.07) is 30.4. The molecule has 1 aliphatic heterocycles. The van der Waals surface area contributed by atoms with Gasteiger partial charge >= 0.3 is 6.09 Å². The highest BCUT2D eigenvalue weighted by atomic mass is 35.5. The zero-order valence-electron chi connectivity index (χ0n) is 22.5. The molecule has 3 aromatic rings. The van der Waals surface area contributed by atoms with E-state index in [1.54, 1.807) is 0 Å². The van der Waals surface area contributed by atoms with Gasteiger partial charge in [0.2, 0.25) is 5.91 Å². The quantitative estimate of drug-likeness (QED) is 0.304. The van der Waals surface area contributed by atoms with Crippen LogP contribution >= 0.6 is 12.4 Å². The van der Waals surface area contributed by atoms with Crippen molar-refractivity contribution >= 4 is 24.4 Å². The van der Waals surface area contributed by atoms with Crippen molar-refractivity contribution in [3.05, 3.63) is 108 Å². The molecule has 0 aliphatic carbocycles. The van der Waals surface area contributed by atoms with E-state index < -0.39 is 6.09 Å². The van der Waals surface area contributed by atoms with Crippen LogP contribution in [0.5, 0.6) is 0 Å². The van der Waals surface area contributed by atoms with Crippen LogP contribution < -0.4 is 10.6 Å². The second-order valence-electron chi connectivity index (χ2n) is 10.0. The molecule has 0 aromatic heterocycles. The number of carbonyl (C=O) groups is 2. The second-order valence-corrected chi connectivity index (χ2v) is 10.0. The minimum absolute atomic E-state index is 0. The fourth-order valence-corrected chi connectivity index (χ4v) is 5.29. The molecule has 208 valence electrons. The second kappa shape index (κ2) is 15.9. The normalized spacial score (nSPS) is 13.6. The maximum atomic E-state index is 12.9. The molecule has 0 saturated carbocycles. The Morgan fingerprint density at radius 2 is 1.33 bits per heavy atom. The lowest BCUT2D eigenvalue weighted by Gasteiger charge is -2.37. The van der Waals surface area contributed by atoms with E-state index in [0.717, 1.165) is 24.9 Å². The van der Waals surface area contributed by atoms with Crippen LogP contribution in [0.2, 0.25) is 0 Å². The molecule has 1 aliphatic rings. The average molecular weight is 550 g/mol. The predicted molar refractivity (Wildman–Crippen MR) is 158 cm³/mol. The molecule has 0 bridgehead atoms. The van der Waals surface area contributed by atoms with Crippen molar-refractivity contribution in [3.63, 3.8) is 0 Å². The molecule has 0 atom stereocenters. The van der Waals surface area contributed by atoms with E-state index in [1.807, 2.05) is 42.5 Å². The molecule has 0 spiro atoms. The molecule has 4 rings (SSSR count). The maximum absolute atomic E-state index is 12.9. The van der Waals surface area contributed by atoms with Crippen molar-refractivity contribution in [2.45, 2.75) is 44.1 Å². The zero-order chi connectivity index (χ0) is 26.5. The van der Waals surface area contributed by atoms with Crippen LogP contribution in [-0.2, 0) is 21.6 Å². The number of hydrogen-bond acceptors (Lipinski definition) is 4. The van der Waals surface area contributed by atoms with Crippen LogP contribution in [0.4, 0.5) is 4.79 Å². The number of rotatable bonds is 12. The van der Waals surface area contributed by atoms with Gasteiger partial charge in [0, 0.05) is 12.0 Å². The van der Waals surface area contributed by atoms with E-state index in [9.17, 15) is 9.59 Å². The fraction of sp³-hybridized carbons (Fsp3) is 0.375. The van der Waals surface area contributed by atoms with E-state index in [-0.39, 0.29) is 36.9 Å². The van der Waals surface area contributed by atoms with Crippen molar-refractivity contribution in [3.8, 4) is 0 Å². The molecule has 2 amide bonds. The predicted octanol–water partition coefficient (Wildman–Crippen LogP) is 5.70. The standard InChI is InChI=1S/C32H39N3O3.ClH/c36-30(24-33-31(37)38-25-27-14-5-1-6-15-27)34-26-32(28-16-7-2-8-17-28,29-18-9-3-10-19-29)20-13-23-35-21-11-4-12-22-35;/h1-3,5-10,14-19H,4,11-13,20-26H2,(H,33,37)(H,34,36);1H. The van der Waals surface area contributed by atoms with Gasteiger partial charge in [-0.1, -0.05) is 97.4 Å². The Balaban J connectivity index is 0.00000420. The number of piperidine rings is 1. The molecule has 6 nitrogen and oxygen atoms in total. The van der Waals surface area contributed by atoms with Crippen LogP contribution in [0, 0.1) is 0 Å². The first kappa shape index (κ1) is 30.2. The van der Waals surface area contributed by atoms with Crippen LogP contribution in [0.15, 0.2) is 91.0 Å². The Kier molecular flexibility index (Phi) is 12.3. The van der Waals surface area contributed by atoms with Gasteiger partial charge in [-0.25, -0.2) is 4.79 Å². The SMILES string of the molecule is Cl.O=C(CNC(=O)OCc1ccccc1)NCC(CCCN1CCCCC1)(c1ccccc1)c1ccccc1. The number of alkyl carbamates (subject to hydrolysis) is 1. The summed E-state index contributed by atoms with van der Waals surface area (Å²) in [7, 11) is 0. The van der Waals surface area contributed by atoms with Gasteiger partial charge in [-0.3, -0.25) is 4.79 Å². The summed E-state index contributed by atoms with van der Waals surface area (Å²) in [6.45, 7) is 3.88. The van der Waals surface area contributed by atoms with Crippen LogP contribution in [0.1, 0.15) is 48.8 Å². The lowest BCUT2D eigenvalue weighted by Crippen LogP contribution is -2.45. The van der Waals surface area contributed by atoms with Crippen LogP contribution in [-0.4, -0.2) is 49.6 Å². The van der Waals surface area contributed by atoms with Gasteiger partial charge in [-0.05, 0) is 62.0 Å². The number of carbonyl (C=O) groups excluding carboxylic acids is 2. The molecule has 39 heavy (non-hydrogen) atoms. The summed E-state index contributed by atoms with van der Waals surface area (Å²) < 4.78 is 5.24. The average Bonchev–Trinajstić information content (AvgIpc) is 2.99. The van der Waals surface area contributed by atoms with Crippen molar-refractivity contribution in [2.75, 3.05) is 32.7 Å². The topological polar surface area (TPSA) is 70.7 Å². The van der Waals surface area contributed by atoms with Gasteiger partial charge in [0.05, 0.1) is 6.54 Å². The maximum Gasteiger partial charge on any atom is 0.407 e. The number of ether oxygens (including phenoxy) is 1. The van der Waals surface area contributed by atoms with Crippen LogP contribution in [0.25, 0.3) is 0 Å². The summed E-state index contributed by atoms with van der Waals surface area (Å²) in [5.41, 5.74) is 2.88. The number of nitrogens with one attached hydrogen (secondary N) is 2. The summed E-state index contributed by atoms with van der Waals surface area (Å²) in [6.07, 6.45) is 5.21. The smallest absolute Gasteiger partial charge is 0.407 e. The third-order valence-electron chi connectivity index (χ3n) is 7.37. The highest BCUT2D eigenvalue weighted by Gasteiger charge is 2.34. The molecule has 1 saturated heterocycles. The Bertz CT molecular complexity index is 1080. The highest BCUT2D eigenvalue weighted by Crippen LogP contribution is 2.36. The van der Waals surface area contributed by atoms with E-state index in [2.05, 4.69) is 64.1 Å². The summed E-state index contributed by atoms with van der Waals surface area (Å²) >= 11 is 0. The van der Waals surface area contributed by atoms with Crippen molar-refractivity contribution in [1.29, 1.82) is 0 Å². The van der Waals surface area contributed by atoms with Crippen molar-refractivity contribution in [1.82, 2.24) is 15.5 Å². The monoisotopic (exact) mass is 549 g/mol. The van der Waals surface area contributed by atoms with E-state index in [1.165, 1.54) is 43.5 Å². The molecule has 0 unspecified atom stereocenters. The third-order valence-corrected chi connectivity index (χ3v) is 7.37. The molecule has 3 aromatic carbocycles. The molecular weight excluding hydrogens is 510 g/mol. The number of halogens is 1. The largest absolute Gasteiger partial charge is 0.445 e. The minimum atomic E-state index is -0.608. The van der Waals surface area contributed by atoms with Crippen LogP contribution in [0.3, 0.4) is 0 Å². The Hall–Kier alpha value is -3.35. The van der Waals surface area contributed by atoms with Gasteiger partial charge in [0.25, 0.3) is 0 Å². The molecular formula is C32H40ClN3O3. The zero-order valence-corrected chi connectivity index (χ0v) is 23.3. The first-order valence-corrected chi connectivity index (χ1v) is 13.7. The summed E-state index contributed by atoms with van der Waals surface area (Å²) in [5, 5.41) is 5.69.